The van der Waals surface area contributed by atoms with Crippen LogP contribution >= 0.6 is 0 Å². The van der Waals surface area contributed by atoms with Gasteiger partial charge in [0.2, 0.25) is 0 Å². The second-order valence-electron chi connectivity index (χ2n) is 3.72. The van der Waals surface area contributed by atoms with Gasteiger partial charge < -0.3 is 15.0 Å². The third kappa shape index (κ3) is 3.13. The Morgan fingerprint density at radius 2 is 2.20 bits per heavy atom. The number of anilines is 1. The van der Waals surface area contributed by atoms with E-state index in [0.717, 1.165) is 12.3 Å². The van der Waals surface area contributed by atoms with Gasteiger partial charge in [0.15, 0.2) is 0 Å². The molecule has 1 N–H and O–H groups in total. The molecular weight excluding hydrogens is 188 g/mol. The fourth-order valence-corrected chi connectivity index (χ4v) is 1.52. The van der Waals surface area contributed by atoms with Gasteiger partial charge in [0.25, 0.3) is 0 Å². The molecule has 0 amide bonds. The lowest BCUT2D eigenvalue weighted by molar-refractivity contribution is 0.414. The smallest absolute Gasteiger partial charge is 0.120 e. The largest absolute Gasteiger partial charge is 0.497 e. The molecule has 3 nitrogen and oxygen atoms in total. The van der Waals surface area contributed by atoms with Gasteiger partial charge in [-0.3, -0.25) is 0 Å². The predicted octanol–water partition coefficient (Wildman–Crippen LogP) is 1.74. The second-order valence-corrected chi connectivity index (χ2v) is 3.72. The summed E-state index contributed by atoms with van der Waals surface area (Å²) < 4.78 is 5.20. The van der Waals surface area contributed by atoms with Gasteiger partial charge in [0.1, 0.15) is 5.75 Å². The average Bonchev–Trinajstić information content (AvgIpc) is 2.28. The second kappa shape index (κ2) is 5.61. The molecule has 1 rings (SSSR count). The Balaban J connectivity index is 2.76. The third-order valence-corrected chi connectivity index (χ3v) is 2.62. The Kier molecular flexibility index (Phi) is 4.43. The summed E-state index contributed by atoms with van der Waals surface area (Å²) in [6, 6.07) is 8.57. The van der Waals surface area contributed by atoms with Crippen LogP contribution < -0.4 is 15.0 Å². The van der Waals surface area contributed by atoms with Gasteiger partial charge in [-0.15, -0.1) is 0 Å². The quantitative estimate of drug-likeness (QED) is 0.797. The highest BCUT2D eigenvalue weighted by molar-refractivity contribution is 5.50. The number of hydrogen-bond donors (Lipinski definition) is 1. The molecule has 0 fully saturated rings. The Morgan fingerprint density at radius 3 is 2.80 bits per heavy atom. The van der Waals surface area contributed by atoms with Crippen molar-refractivity contribution < 1.29 is 4.74 Å². The summed E-state index contributed by atoms with van der Waals surface area (Å²) in [7, 11) is 5.75. The number of benzene rings is 1. The van der Waals surface area contributed by atoms with Gasteiger partial charge in [-0.05, 0) is 26.1 Å². The van der Waals surface area contributed by atoms with Gasteiger partial charge in [0.05, 0.1) is 7.11 Å². The van der Waals surface area contributed by atoms with Gasteiger partial charge in [0, 0.05) is 31.4 Å². The number of methoxy groups -OCH3 is 1. The molecule has 1 unspecified atom stereocenters. The standard InChI is InChI=1S/C12H20N2O/c1-10(9-13-2)14(3)11-6-5-7-12(8-11)15-4/h5-8,10,13H,9H2,1-4H3. The van der Waals surface area contributed by atoms with Crippen LogP contribution in [0.5, 0.6) is 5.75 Å². The average molecular weight is 208 g/mol. The number of ether oxygens (including phenoxy) is 1. The summed E-state index contributed by atoms with van der Waals surface area (Å²) in [6.07, 6.45) is 0. The van der Waals surface area contributed by atoms with Gasteiger partial charge in [-0.1, -0.05) is 6.07 Å². The van der Waals surface area contributed by atoms with Crippen molar-refractivity contribution in [2.45, 2.75) is 13.0 Å². The summed E-state index contributed by atoms with van der Waals surface area (Å²) in [5.41, 5.74) is 1.18. The van der Waals surface area contributed by atoms with Crippen LogP contribution in [0.25, 0.3) is 0 Å². The Morgan fingerprint density at radius 1 is 1.47 bits per heavy atom. The molecule has 1 atom stereocenters. The molecule has 84 valence electrons. The maximum Gasteiger partial charge on any atom is 0.120 e. The topological polar surface area (TPSA) is 24.5 Å². The molecule has 3 heteroatoms. The van der Waals surface area contributed by atoms with Crippen molar-refractivity contribution in [2.24, 2.45) is 0 Å². The van der Waals surface area contributed by atoms with Crippen LogP contribution in [0.15, 0.2) is 24.3 Å². The molecule has 0 aliphatic carbocycles. The normalized spacial score (nSPS) is 12.3. The van der Waals surface area contributed by atoms with Gasteiger partial charge in [-0.25, -0.2) is 0 Å². The maximum absolute atomic E-state index is 5.20. The summed E-state index contributed by atoms with van der Waals surface area (Å²) in [6.45, 7) is 3.16. The number of nitrogens with one attached hydrogen (secondary N) is 1. The van der Waals surface area contributed by atoms with Crippen LogP contribution in [0.1, 0.15) is 6.92 Å². The van der Waals surface area contributed by atoms with E-state index in [-0.39, 0.29) is 0 Å². The van der Waals surface area contributed by atoms with E-state index in [0.29, 0.717) is 6.04 Å². The summed E-state index contributed by atoms with van der Waals surface area (Å²) in [5.74, 6) is 0.899. The predicted molar refractivity (Wildman–Crippen MR) is 64.8 cm³/mol. The van der Waals surface area contributed by atoms with Crippen LogP contribution in [0.3, 0.4) is 0 Å². The molecule has 0 radical (unpaired) electrons. The van der Waals surface area contributed by atoms with E-state index in [1.165, 1.54) is 5.69 Å². The van der Waals surface area contributed by atoms with Crippen molar-refractivity contribution in [1.29, 1.82) is 0 Å². The molecule has 1 aromatic carbocycles. The van der Waals surface area contributed by atoms with Gasteiger partial charge >= 0.3 is 0 Å². The first-order valence-electron chi connectivity index (χ1n) is 5.20. The number of rotatable bonds is 5. The highest BCUT2D eigenvalue weighted by Crippen LogP contribution is 2.21. The van der Waals surface area contributed by atoms with E-state index in [1.54, 1.807) is 7.11 Å². The zero-order valence-electron chi connectivity index (χ0n) is 9.95. The first kappa shape index (κ1) is 11.9. The van der Waals surface area contributed by atoms with Crippen molar-refractivity contribution in [3.05, 3.63) is 24.3 Å². The van der Waals surface area contributed by atoms with Crippen LogP contribution in [-0.2, 0) is 0 Å². The van der Waals surface area contributed by atoms with E-state index < -0.39 is 0 Å². The van der Waals surface area contributed by atoms with E-state index in [2.05, 4.69) is 30.3 Å². The molecule has 0 bridgehead atoms. The van der Waals surface area contributed by atoms with Crippen molar-refractivity contribution >= 4 is 5.69 Å². The summed E-state index contributed by atoms with van der Waals surface area (Å²) in [4.78, 5) is 2.24. The van der Waals surface area contributed by atoms with Crippen molar-refractivity contribution in [3.63, 3.8) is 0 Å². The summed E-state index contributed by atoms with van der Waals surface area (Å²) >= 11 is 0. The van der Waals surface area contributed by atoms with E-state index in [1.807, 2.05) is 25.2 Å². The fourth-order valence-electron chi connectivity index (χ4n) is 1.52. The van der Waals surface area contributed by atoms with E-state index in [9.17, 15) is 0 Å². The van der Waals surface area contributed by atoms with Crippen LogP contribution in [0, 0.1) is 0 Å². The Hall–Kier alpha value is -1.22. The lowest BCUT2D eigenvalue weighted by Gasteiger charge is -2.27. The first-order valence-corrected chi connectivity index (χ1v) is 5.20. The molecule has 0 spiro atoms. The number of hydrogen-bond acceptors (Lipinski definition) is 3. The molecule has 0 aromatic heterocycles. The first-order chi connectivity index (χ1) is 7.19. The van der Waals surface area contributed by atoms with E-state index in [4.69, 9.17) is 4.74 Å². The molecule has 0 aliphatic heterocycles. The third-order valence-electron chi connectivity index (χ3n) is 2.62. The minimum absolute atomic E-state index is 0.460. The summed E-state index contributed by atoms with van der Waals surface area (Å²) in [5, 5.41) is 3.17. The lowest BCUT2D eigenvalue weighted by Crippen LogP contribution is -2.36. The number of likely N-dealkylation sites (N-methyl/N-ethyl adjacent to an activating group) is 2. The minimum Gasteiger partial charge on any atom is -0.497 e. The van der Waals surface area contributed by atoms with E-state index >= 15 is 0 Å². The molecule has 0 heterocycles. The SMILES string of the molecule is CNCC(C)N(C)c1cccc(OC)c1. The van der Waals surface area contributed by atoms with Crippen molar-refractivity contribution in [2.75, 3.05) is 32.6 Å². The molecule has 1 aromatic rings. The molecule has 0 saturated heterocycles. The Labute approximate surface area is 92.0 Å². The molecule has 15 heavy (non-hydrogen) atoms. The van der Waals surface area contributed by atoms with Gasteiger partial charge in [-0.2, -0.15) is 0 Å². The maximum atomic E-state index is 5.20. The van der Waals surface area contributed by atoms with Crippen molar-refractivity contribution in [3.8, 4) is 5.75 Å². The van der Waals surface area contributed by atoms with Crippen LogP contribution in [0.2, 0.25) is 0 Å². The lowest BCUT2D eigenvalue weighted by atomic mass is 10.2. The molecular formula is C12H20N2O. The van der Waals surface area contributed by atoms with Crippen LogP contribution in [0.4, 0.5) is 5.69 Å². The monoisotopic (exact) mass is 208 g/mol. The highest BCUT2D eigenvalue weighted by atomic mass is 16.5. The zero-order valence-corrected chi connectivity index (χ0v) is 9.95. The number of nitrogens with zero attached hydrogens (tertiary/aromatic N) is 1. The Bertz CT molecular complexity index is 301. The minimum atomic E-state index is 0.460. The fraction of sp³-hybridized carbons (Fsp3) is 0.500. The highest BCUT2D eigenvalue weighted by Gasteiger charge is 2.09. The van der Waals surface area contributed by atoms with Crippen LogP contribution in [-0.4, -0.2) is 33.8 Å². The molecule has 0 aliphatic rings. The zero-order chi connectivity index (χ0) is 11.3. The van der Waals surface area contributed by atoms with Crippen molar-refractivity contribution in [1.82, 2.24) is 5.32 Å². The molecule has 0 saturated carbocycles.